The highest BCUT2D eigenvalue weighted by molar-refractivity contribution is 6.12. The van der Waals surface area contributed by atoms with E-state index in [1.54, 1.807) is 0 Å². The van der Waals surface area contributed by atoms with Gasteiger partial charge in [0.25, 0.3) is 0 Å². The maximum atomic E-state index is 13.6. The minimum absolute atomic E-state index is 0.0972. The Hall–Kier alpha value is -2.31. The Labute approximate surface area is 121 Å². The summed E-state index contributed by atoms with van der Waals surface area (Å²) in [5.74, 6) is -0.967. The molecule has 1 aromatic carbocycles. The van der Waals surface area contributed by atoms with Crippen LogP contribution in [-0.4, -0.2) is 24.1 Å². The minimum atomic E-state index is -1.02. The zero-order valence-electron chi connectivity index (χ0n) is 11.7. The first kappa shape index (κ1) is 15.1. The summed E-state index contributed by atoms with van der Waals surface area (Å²) in [6.45, 7) is 0. The Morgan fingerprint density at radius 2 is 2.14 bits per heavy atom. The van der Waals surface area contributed by atoms with Crippen molar-refractivity contribution in [1.82, 2.24) is 0 Å². The number of amides is 1. The van der Waals surface area contributed by atoms with Crippen molar-refractivity contribution in [2.24, 2.45) is 16.3 Å². The second kappa shape index (κ2) is 5.99. The van der Waals surface area contributed by atoms with Gasteiger partial charge in [-0.05, 0) is 25.0 Å². The predicted octanol–water partition coefficient (Wildman–Crippen LogP) is 2.08. The molecule has 1 fully saturated rings. The Balaban J connectivity index is 2.22. The molecule has 0 saturated heterocycles. The van der Waals surface area contributed by atoms with Crippen molar-refractivity contribution in [2.45, 2.75) is 25.7 Å². The number of ether oxygens (including phenoxy) is 1. The molecule has 0 spiro atoms. The Morgan fingerprint density at radius 1 is 1.48 bits per heavy atom. The SMILES string of the molecule is COc1ccc(NC(=O)C2(C(N)=NO)CCCC2)cc1F. The molecule has 21 heavy (non-hydrogen) atoms. The number of rotatable bonds is 4. The first-order valence-corrected chi connectivity index (χ1v) is 6.66. The van der Waals surface area contributed by atoms with Gasteiger partial charge in [-0.1, -0.05) is 18.0 Å². The van der Waals surface area contributed by atoms with Crippen molar-refractivity contribution in [3.8, 4) is 5.75 Å². The molecule has 0 unspecified atom stereocenters. The van der Waals surface area contributed by atoms with Crippen LogP contribution < -0.4 is 15.8 Å². The van der Waals surface area contributed by atoms with E-state index in [-0.39, 0.29) is 17.5 Å². The highest BCUT2D eigenvalue weighted by atomic mass is 19.1. The third-order valence-electron chi connectivity index (χ3n) is 3.90. The first-order chi connectivity index (χ1) is 10.0. The average Bonchev–Trinajstić information content (AvgIpc) is 2.97. The van der Waals surface area contributed by atoms with E-state index in [2.05, 4.69) is 10.5 Å². The monoisotopic (exact) mass is 295 g/mol. The molecule has 0 bridgehead atoms. The Kier molecular flexibility index (Phi) is 4.30. The van der Waals surface area contributed by atoms with Crippen LogP contribution in [0.15, 0.2) is 23.4 Å². The van der Waals surface area contributed by atoms with Gasteiger partial charge in [-0.3, -0.25) is 4.79 Å². The molecule has 2 rings (SSSR count). The summed E-state index contributed by atoms with van der Waals surface area (Å²) in [6.07, 6.45) is 2.65. The molecule has 114 valence electrons. The van der Waals surface area contributed by atoms with Crippen LogP contribution >= 0.6 is 0 Å². The van der Waals surface area contributed by atoms with Crippen molar-refractivity contribution >= 4 is 17.4 Å². The molecular weight excluding hydrogens is 277 g/mol. The number of hydrogen-bond acceptors (Lipinski definition) is 4. The highest BCUT2D eigenvalue weighted by Crippen LogP contribution is 2.39. The van der Waals surface area contributed by atoms with Crippen LogP contribution in [0.25, 0.3) is 0 Å². The average molecular weight is 295 g/mol. The number of anilines is 1. The van der Waals surface area contributed by atoms with Crippen LogP contribution in [0.5, 0.6) is 5.75 Å². The number of carbonyl (C=O) groups excluding carboxylic acids is 1. The summed E-state index contributed by atoms with van der Waals surface area (Å²) in [7, 11) is 1.36. The van der Waals surface area contributed by atoms with Crippen LogP contribution in [-0.2, 0) is 4.79 Å². The zero-order chi connectivity index (χ0) is 15.5. The van der Waals surface area contributed by atoms with Crippen molar-refractivity contribution in [3.05, 3.63) is 24.0 Å². The molecule has 0 aliphatic heterocycles. The summed E-state index contributed by atoms with van der Waals surface area (Å²) < 4.78 is 18.5. The maximum absolute atomic E-state index is 13.6. The van der Waals surface area contributed by atoms with E-state index in [9.17, 15) is 9.18 Å². The molecule has 7 heteroatoms. The number of methoxy groups -OCH3 is 1. The van der Waals surface area contributed by atoms with Gasteiger partial charge in [0.2, 0.25) is 5.91 Å². The quantitative estimate of drug-likeness (QED) is 0.343. The van der Waals surface area contributed by atoms with Crippen LogP contribution in [0.2, 0.25) is 0 Å². The molecule has 0 heterocycles. The molecule has 1 amide bonds. The van der Waals surface area contributed by atoms with Gasteiger partial charge in [0, 0.05) is 11.8 Å². The summed E-state index contributed by atoms with van der Waals surface area (Å²) >= 11 is 0. The predicted molar refractivity (Wildman–Crippen MR) is 75.9 cm³/mol. The number of benzene rings is 1. The second-order valence-electron chi connectivity index (χ2n) is 5.08. The molecule has 0 radical (unpaired) electrons. The van der Waals surface area contributed by atoms with Crippen molar-refractivity contribution in [1.29, 1.82) is 0 Å². The van der Waals surface area contributed by atoms with Gasteiger partial charge in [-0.15, -0.1) is 0 Å². The lowest BCUT2D eigenvalue weighted by Crippen LogP contribution is -2.45. The topological polar surface area (TPSA) is 96.9 Å². The van der Waals surface area contributed by atoms with Gasteiger partial charge in [0.1, 0.15) is 5.41 Å². The smallest absolute Gasteiger partial charge is 0.238 e. The van der Waals surface area contributed by atoms with Crippen molar-refractivity contribution < 1.29 is 19.1 Å². The van der Waals surface area contributed by atoms with Crippen LogP contribution in [0.1, 0.15) is 25.7 Å². The lowest BCUT2D eigenvalue weighted by atomic mass is 9.83. The summed E-state index contributed by atoms with van der Waals surface area (Å²) in [4.78, 5) is 12.5. The number of halogens is 1. The number of nitrogens with zero attached hydrogens (tertiary/aromatic N) is 1. The molecular formula is C14H18FN3O3. The van der Waals surface area contributed by atoms with Crippen molar-refractivity contribution in [3.63, 3.8) is 0 Å². The number of nitrogens with two attached hydrogens (primary N) is 1. The van der Waals surface area contributed by atoms with Gasteiger partial charge in [0.05, 0.1) is 7.11 Å². The number of nitrogens with one attached hydrogen (secondary N) is 1. The van der Waals surface area contributed by atoms with E-state index >= 15 is 0 Å². The largest absolute Gasteiger partial charge is 0.494 e. The summed E-state index contributed by atoms with van der Waals surface area (Å²) in [6, 6.07) is 4.14. The highest BCUT2D eigenvalue weighted by Gasteiger charge is 2.45. The Bertz CT molecular complexity index is 569. The summed E-state index contributed by atoms with van der Waals surface area (Å²) in [5.41, 5.74) is 4.97. The molecule has 1 saturated carbocycles. The summed E-state index contributed by atoms with van der Waals surface area (Å²) in [5, 5.41) is 14.5. The Morgan fingerprint density at radius 3 is 2.67 bits per heavy atom. The maximum Gasteiger partial charge on any atom is 0.238 e. The molecule has 1 aromatic rings. The van der Waals surface area contributed by atoms with Crippen molar-refractivity contribution in [2.75, 3.05) is 12.4 Å². The normalized spacial score (nSPS) is 17.5. The van der Waals surface area contributed by atoms with Crippen LogP contribution in [0.4, 0.5) is 10.1 Å². The van der Waals surface area contributed by atoms with E-state index in [0.717, 1.165) is 12.8 Å². The molecule has 1 aliphatic carbocycles. The lowest BCUT2D eigenvalue weighted by Gasteiger charge is -2.26. The second-order valence-corrected chi connectivity index (χ2v) is 5.08. The third-order valence-corrected chi connectivity index (χ3v) is 3.90. The van der Waals surface area contributed by atoms with Crippen LogP contribution in [0.3, 0.4) is 0 Å². The van der Waals surface area contributed by atoms with Gasteiger partial charge in [0.15, 0.2) is 17.4 Å². The van der Waals surface area contributed by atoms with Gasteiger partial charge < -0.3 is 21.0 Å². The fourth-order valence-electron chi connectivity index (χ4n) is 2.67. The lowest BCUT2D eigenvalue weighted by molar-refractivity contribution is -0.122. The fourth-order valence-corrected chi connectivity index (χ4v) is 2.67. The number of hydrogen-bond donors (Lipinski definition) is 3. The van der Waals surface area contributed by atoms with E-state index < -0.39 is 11.2 Å². The number of oxime groups is 1. The molecule has 6 nitrogen and oxygen atoms in total. The van der Waals surface area contributed by atoms with E-state index in [1.165, 1.54) is 25.3 Å². The van der Waals surface area contributed by atoms with Gasteiger partial charge in [-0.2, -0.15) is 0 Å². The molecule has 4 N–H and O–H groups in total. The fraction of sp³-hybridized carbons (Fsp3) is 0.429. The molecule has 1 aliphatic rings. The van der Waals surface area contributed by atoms with E-state index in [0.29, 0.717) is 18.5 Å². The molecule has 0 atom stereocenters. The van der Waals surface area contributed by atoms with Gasteiger partial charge in [-0.25, -0.2) is 4.39 Å². The van der Waals surface area contributed by atoms with E-state index in [4.69, 9.17) is 15.7 Å². The van der Waals surface area contributed by atoms with E-state index in [1.807, 2.05) is 0 Å². The van der Waals surface area contributed by atoms with Crippen LogP contribution in [0, 0.1) is 11.2 Å². The number of amidine groups is 1. The number of carbonyl (C=O) groups is 1. The first-order valence-electron chi connectivity index (χ1n) is 6.66. The third kappa shape index (κ3) is 2.76. The zero-order valence-corrected chi connectivity index (χ0v) is 11.7. The minimum Gasteiger partial charge on any atom is -0.494 e. The molecule has 0 aromatic heterocycles. The van der Waals surface area contributed by atoms with Gasteiger partial charge >= 0.3 is 0 Å². The standard InChI is InChI=1S/C14H18FN3O3/c1-21-11-5-4-9(8-10(11)15)17-13(19)14(12(16)18-20)6-2-3-7-14/h4-5,8,20H,2-3,6-7H2,1H3,(H2,16,18)(H,17,19).